The van der Waals surface area contributed by atoms with Gasteiger partial charge in [0.2, 0.25) is 0 Å². The lowest BCUT2D eigenvalue weighted by Crippen LogP contribution is -2.29. The van der Waals surface area contributed by atoms with Gasteiger partial charge >= 0.3 is 0 Å². The van der Waals surface area contributed by atoms with E-state index in [9.17, 15) is 14.3 Å². The minimum absolute atomic E-state index is 0.0882. The highest BCUT2D eigenvalue weighted by molar-refractivity contribution is 7.17. The molecule has 1 atom stereocenters. The highest BCUT2D eigenvalue weighted by atomic mass is 32.1. The number of fused-ring (bicyclic) bond motifs is 1. The Morgan fingerprint density at radius 1 is 1.21 bits per heavy atom. The number of aromatic nitrogens is 2. The van der Waals surface area contributed by atoms with Crippen LogP contribution in [-0.4, -0.2) is 27.4 Å². The van der Waals surface area contributed by atoms with E-state index in [4.69, 9.17) is 4.74 Å². The van der Waals surface area contributed by atoms with Crippen LogP contribution >= 0.6 is 22.7 Å². The minimum Gasteiger partial charge on any atom is -0.389 e. The monoisotopic (exact) mass is 416 g/mol. The van der Waals surface area contributed by atoms with Crippen molar-refractivity contribution in [1.29, 1.82) is 0 Å². The number of nitrogens with zero attached hydrogens (tertiary/aromatic N) is 2. The van der Waals surface area contributed by atoms with Crippen LogP contribution in [0.25, 0.3) is 21.3 Å². The van der Waals surface area contributed by atoms with Gasteiger partial charge in [-0.05, 0) is 29.1 Å². The van der Waals surface area contributed by atoms with Crippen molar-refractivity contribution >= 4 is 32.9 Å². The lowest BCUT2D eigenvalue weighted by molar-refractivity contribution is 0.0207. The van der Waals surface area contributed by atoms with Gasteiger partial charge in [-0.1, -0.05) is 18.2 Å². The van der Waals surface area contributed by atoms with Gasteiger partial charge in [0.05, 0.1) is 37.6 Å². The predicted molar refractivity (Wildman–Crippen MR) is 109 cm³/mol. The molecule has 0 saturated heterocycles. The number of ether oxygens (including phenoxy) is 1. The van der Waals surface area contributed by atoms with Crippen molar-refractivity contribution in [3.63, 3.8) is 0 Å². The van der Waals surface area contributed by atoms with Gasteiger partial charge in [0, 0.05) is 15.8 Å². The molecule has 144 valence electrons. The normalized spacial score (nSPS) is 12.5. The largest absolute Gasteiger partial charge is 0.389 e. The van der Waals surface area contributed by atoms with E-state index in [0.717, 1.165) is 16.0 Å². The van der Waals surface area contributed by atoms with E-state index < -0.39 is 6.10 Å². The lowest BCUT2D eigenvalue weighted by Gasteiger charge is -2.13. The number of aliphatic hydroxyl groups excluding tert-OH is 1. The summed E-state index contributed by atoms with van der Waals surface area (Å²) < 4.78 is 20.1. The zero-order valence-electron chi connectivity index (χ0n) is 14.7. The van der Waals surface area contributed by atoms with Crippen LogP contribution in [0, 0.1) is 5.82 Å². The van der Waals surface area contributed by atoms with Gasteiger partial charge in [0.1, 0.15) is 10.6 Å². The molecule has 0 aliphatic rings. The van der Waals surface area contributed by atoms with Crippen molar-refractivity contribution in [2.24, 2.45) is 0 Å². The molecule has 0 radical (unpaired) electrons. The third-order valence-electron chi connectivity index (χ3n) is 4.26. The SMILES string of the molecule is O=c1c2c(-c3ccc(F)cc3)csc2ncn1C[C@@H](O)COCc1cccs1. The van der Waals surface area contributed by atoms with Gasteiger partial charge in [-0.2, -0.15) is 0 Å². The van der Waals surface area contributed by atoms with Gasteiger partial charge in [-0.25, -0.2) is 9.37 Å². The van der Waals surface area contributed by atoms with Crippen LogP contribution in [0.4, 0.5) is 4.39 Å². The molecule has 28 heavy (non-hydrogen) atoms. The van der Waals surface area contributed by atoms with Crippen LogP contribution in [0.15, 0.2) is 58.3 Å². The topological polar surface area (TPSA) is 64.4 Å². The maximum atomic E-state index is 13.2. The molecule has 3 heterocycles. The van der Waals surface area contributed by atoms with Gasteiger partial charge in [-0.3, -0.25) is 9.36 Å². The first-order chi connectivity index (χ1) is 13.6. The molecule has 0 aliphatic carbocycles. The summed E-state index contributed by atoms with van der Waals surface area (Å²) in [5.74, 6) is -0.329. The summed E-state index contributed by atoms with van der Waals surface area (Å²) in [6.07, 6.45) is 0.614. The summed E-state index contributed by atoms with van der Waals surface area (Å²) >= 11 is 2.95. The van der Waals surface area contributed by atoms with E-state index in [1.165, 1.54) is 34.4 Å². The number of rotatable bonds is 7. The molecule has 5 nitrogen and oxygen atoms in total. The molecule has 0 saturated carbocycles. The second-order valence-electron chi connectivity index (χ2n) is 6.29. The smallest absolute Gasteiger partial charge is 0.262 e. The Labute approximate surface area is 168 Å². The fraction of sp³-hybridized carbons (Fsp3) is 0.200. The molecule has 0 aliphatic heterocycles. The van der Waals surface area contributed by atoms with Crippen LogP contribution in [-0.2, 0) is 17.9 Å². The van der Waals surface area contributed by atoms with Crippen molar-refractivity contribution < 1.29 is 14.2 Å². The number of benzene rings is 1. The molecular formula is C20H17FN2O3S2. The zero-order chi connectivity index (χ0) is 19.5. The molecule has 4 aromatic rings. The molecular weight excluding hydrogens is 399 g/mol. The molecule has 0 spiro atoms. The Morgan fingerprint density at radius 2 is 2.04 bits per heavy atom. The average molecular weight is 416 g/mol. The van der Waals surface area contributed by atoms with Gasteiger partial charge in [0.15, 0.2) is 0 Å². The maximum absolute atomic E-state index is 13.2. The number of aliphatic hydroxyl groups is 1. The van der Waals surface area contributed by atoms with Crippen LogP contribution < -0.4 is 5.56 Å². The fourth-order valence-electron chi connectivity index (χ4n) is 2.91. The van der Waals surface area contributed by atoms with Crippen molar-refractivity contribution in [3.8, 4) is 11.1 Å². The Kier molecular flexibility index (Phi) is 5.63. The average Bonchev–Trinajstić information content (AvgIpc) is 3.35. The first-order valence-corrected chi connectivity index (χ1v) is 10.4. The van der Waals surface area contributed by atoms with Crippen molar-refractivity contribution in [2.75, 3.05) is 6.61 Å². The Morgan fingerprint density at radius 3 is 2.79 bits per heavy atom. The van der Waals surface area contributed by atoms with Gasteiger partial charge in [0.25, 0.3) is 5.56 Å². The lowest BCUT2D eigenvalue weighted by atomic mass is 10.1. The number of thiophene rings is 2. The second kappa shape index (κ2) is 8.32. The quantitative estimate of drug-likeness (QED) is 0.496. The maximum Gasteiger partial charge on any atom is 0.262 e. The summed E-state index contributed by atoms with van der Waals surface area (Å²) in [6, 6.07) is 9.92. The van der Waals surface area contributed by atoms with Crippen LogP contribution in [0.5, 0.6) is 0 Å². The molecule has 0 amide bonds. The fourth-order valence-corrected chi connectivity index (χ4v) is 4.46. The van der Waals surface area contributed by atoms with Gasteiger partial charge < -0.3 is 9.84 Å². The molecule has 4 rings (SSSR count). The minimum atomic E-state index is -0.829. The standard InChI is InChI=1S/C20H17FN2O3S2/c21-14-5-3-13(4-6-14)17-11-28-19-18(17)20(25)23(12-22-19)8-15(24)9-26-10-16-2-1-7-27-16/h1-7,11-12,15,24H,8-10H2/t15-/m1/s1. The Bertz CT molecular complexity index is 1120. The summed E-state index contributed by atoms with van der Waals surface area (Å²) in [7, 11) is 0. The summed E-state index contributed by atoms with van der Waals surface area (Å²) in [5, 5.41) is 14.5. The van der Waals surface area contributed by atoms with Crippen LogP contribution in [0.1, 0.15) is 4.88 Å². The second-order valence-corrected chi connectivity index (χ2v) is 8.18. The van der Waals surface area contributed by atoms with E-state index >= 15 is 0 Å². The van der Waals surface area contributed by atoms with E-state index in [1.807, 2.05) is 22.9 Å². The number of hydrogen-bond donors (Lipinski definition) is 1. The molecule has 1 N–H and O–H groups in total. The highest BCUT2D eigenvalue weighted by Gasteiger charge is 2.15. The number of hydrogen-bond acceptors (Lipinski definition) is 6. The molecule has 1 aromatic carbocycles. The third kappa shape index (κ3) is 4.05. The van der Waals surface area contributed by atoms with Gasteiger partial charge in [-0.15, -0.1) is 22.7 Å². The molecule has 0 bridgehead atoms. The Balaban J connectivity index is 1.53. The summed E-state index contributed by atoms with van der Waals surface area (Å²) in [6.45, 7) is 0.641. The van der Waals surface area contributed by atoms with E-state index in [-0.39, 0.29) is 24.5 Å². The molecule has 0 fully saturated rings. The van der Waals surface area contributed by atoms with Crippen molar-refractivity contribution in [2.45, 2.75) is 19.3 Å². The summed E-state index contributed by atoms with van der Waals surface area (Å²) in [5.41, 5.74) is 1.24. The van der Waals surface area contributed by atoms with Crippen molar-refractivity contribution in [3.05, 3.63) is 74.5 Å². The van der Waals surface area contributed by atoms with E-state index in [2.05, 4.69) is 4.98 Å². The zero-order valence-corrected chi connectivity index (χ0v) is 16.4. The van der Waals surface area contributed by atoms with Crippen molar-refractivity contribution in [1.82, 2.24) is 9.55 Å². The molecule has 3 aromatic heterocycles. The number of halogens is 1. The third-order valence-corrected chi connectivity index (χ3v) is 5.99. The van der Waals surface area contributed by atoms with E-state index in [0.29, 0.717) is 16.8 Å². The van der Waals surface area contributed by atoms with E-state index in [1.54, 1.807) is 23.5 Å². The molecule has 8 heteroatoms. The predicted octanol–water partition coefficient (Wildman–Crippen LogP) is 3.90. The Hall–Kier alpha value is -2.39. The van der Waals surface area contributed by atoms with Crippen LogP contribution in [0.2, 0.25) is 0 Å². The van der Waals surface area contributed by atoms with Crippen LogP contribution in [0.3, 0.4) is 0 Å². The first-order valence-electron chi connectivity index (χ1n) is 8.62. The molecule has 0 unspecified atom stereocenters. The first kappa shape index (κ1) is 18.9. The highest BCUT2D eigenvalue weighted by Crippen LogP contribution is 2.30. The summed E-state index contributed by atoms with van der Waals surface area (Å²) in [4.78, 5) is 19.0.